The van der Waals surface area contributed by atoms with Gasteiger partial charge in [-0.25, -0.2) is 9.97 Å². The molecule has 24 heavy (non-hydrogen) atoms. The van der Waals surface area contributed by atoms with Gasteiger partial charge in [-0.15, -0.1) is 0 Å². The predicted molar refractivity (Wildman–Crippen MR) is 102 cm³/mol. The number of para-hydroxylation sites is 1. The molecule has 2 aromatic rings. The molecule has 0 fully saturated rings. The van der Waals surface area contributed by atoms with Gasteiger partial charge in [0, 0.05) is 18.0 Å². The van der Waals surface area contributed by atoms with Gasteiger partial charge in [-0.1, -0.05) is 44.2 Å². The molecule has 2 rings (SSSR count). The summed E-state index contributed by atoms with van der Waals surface area (Å²) in [5.74, 6) is 1.20. The second-order valence-electron chi connectivity index (χ2n) is 5.82. The lowest BCUT2D eigenvalue weighted by atomic mass is 10.2. The number of nitrogens with zero attached hydrogens (tertiary/aromatic N) is 2. The quantitative estimate of drug-likeness (QED) is 0.410. The van der Waals surface area contributed by atoms with E-state index in [0.29, 0.717) is 10.9 Å². The van der Waals surface area contributed by atoms with Crippen molar-refractivity contribution in [3.05, 3.63) is 24.3 Å². The monoisotopic (exact) mass is 346 g/mol. The first kappa shape index (κ1) is 18.5. The van der Waals surface area contributed by atoms with E-state index in [9.17, 15) is 4.79 Å². The second kappa shape index (κ2) is 9.47. The molecule has 5 nitrogen and oxygen atoms in total. The zero-order valence-electron chi connectivity index (χ0n) is 14.6. The summed E-state index contributed by atoms with van der Waals surface area (Å²) >= 11 is 1.37. The predicted octanol–water partition coefficient (Wildman–Crippen LogP) is 3.85. The Morgan fingerprint density at radius 2 is 2.04 bits per heavy atom. The summed E-state index contributed by atoms with van der Waals surface area (Å²) in [4.78, 5) is 21.1. The van der Waals surface area contributed by atoms with E-state index in [1.165, 1.54) is 11.8 Å². The van der Waals surface area contributed by atoms with Crippen LogP contribution in [0.3, 0.4) is 0 Å². The largest absolute Gasteiger partial charge is 0.369 e. The average molecular weight is 346 g/mol. The fourth-order valence-corrected chi connectivity index (χ4v) is 2.85. The number of carbonyl (C=O) groups excluding carboxylic acids is 1. The highest BCUT2D eigenvalue weighted by atomic mass is 32.2. The Morgan fingerprint density at radius 1 is 1.25 bits per heavy atom. The summed E-state index contributed by atoms with van der Waals surface area (Å²) in [5.41, 5.74) is 0.899. The van der Waals surface area contributed by atoms with Crippen molar-refractivity contribution < 1.29 is 4.79 Å². The van der Waals surface area contributed by atoms with E-state index in [0.717, 1.165) is 42.5 Å². The van der Waals surface area contributed by atoms with Gasteiger partial charge in [0.25, 0.3) is 0 Å². The van der Waals surface area contributed by atoms with Crippen LogP contribution >= 0.6 is 11.8 Å². The van der Waals surface area contributed by atoms with Crippen molar-refractivity contribution in [2.45, 2.75) is 51.2 Å². The smallest absolute Gasteiger partial charge is 0.230 e. The second-order valence-corrected chi connectivity index (χ2v) is 6.76. The van der Waals surface area contributed by atoms with Crippen LogP contribution in [-0.4, -0.2) is 34.2 Å². The van der Waals surface area contributed by atoms with Gasteiger partial charge in [0.2, 0.25) is 5.91 Å². The molecule has 6 heteroatoms. The Labute approximate surface area is 148 Å². The van der Waals surface area contributed by atoms with Crippen LogP contribution < -0.4 is 10.6 Å². The lowest BCUT2D eigenvalue weighted by molar-refractivity contribution is -0.119. The van der Waals surface area contributed by atoms with Gasteiger partial charge < -0.3 is 10.6 Å². The first-order valence-electron chi connectivity index (χ1n) is 8.56. The molecule has 1 atom stereocenters. The normalized spacial score (nSPS) is 12.1. The number of thioether (sulfide) groups is 1. The van der Waals surface area contributed by atoms with E-state index >= 15 is 0 Å². The number of benzene rings is 1. The van der Waals surface area contributed by atoms with Crippen LogP contribution in [0, 0.1) is 0 Å². The van der Waals surface area contributed by atoms with Gasteiger partial charge in [0.15, 0.2) is 5.16 Å². The highest BCUT2D eigenvalue weighted by molar-refractivity contribution is 7.99. The Bertz CT molecular complexity index is 677. The summed E-state index contributed by atoms with van der Waals surface area (Å²) in [7, 11) is 0. The molecule has 0 saturated heterocycles. The van der Waals surface area contributed by atoms with E-state index in [2.05, 4.69) is 34.4 Å². The number of nitrogens with one attached hydrogen (secondary N) is 2. The number of carbonyl (C=O) groups is 1. The number of anilines is 1. The maximum atomic E-state index is 11.9. The average Bonchev–Trinajstić information content (AvgIpc) is 2.60. The van der Waals surface area contributed by atoms with Crippen LogP contribution in [0.25, 0.3) is 10.9 Å². The molecule has 0 bridgehead atoms. The van der Waals surface area contributed by atoms with Crippen molar-refractivity contribution in [1.82, 2.24) is 15.3 Å². The van der Waals surface area contributed by atoms with Gasteiger partial charge in [-0.2, -0.15) is 0 Å². The number of fused-ring (bicyclic) bond motifs is 1. The Balaban J connectivity index is 2.10. The van der Waals surface area contributed by atoms with Crippen LogP contribution in [0.4, 0.5) is 5.82 Å². The van der Waals surface area contributed by atoms with Crippen molar-refractivity contribution >= 4 is 34.4 Å². The molecule has 0 saturated carbocycles. The molecule has 0 aliphatic rings. The van der Waals surface area contributed by atoms with Crippen molar-refractivity contribution in [1.29, 1.82) is 0 Å². The van der Waals surface area contributed by atoms with Crippen LogP contribution in [0.15, 0.2) is 29.4 Å². The minimum Gasteiger partial charge on any atom is -0.369 e. The topological polar surface area (TPSA) is 66.9 Å². The molecule has 0 unspecified atom stereocenters. The molecule has 0 spiro atoms. The number of amides is 1. The molecule has 0 radical (unpaired) electrons. The molecule has 1 aromatic heterocycles. The molecule has 0 aliphatic heterocycles. The third-order valence-electron chi connectivity index (χ3n) is 3.76. The van der Waals surface area contributed by atoms with Gasteiger partial charge in [-0.3, -0.25) is 4.79 Å². The Hall–Kier alpha value is -1.82. The summed E-state index contributed by atoms with van der Waals surface area (Å²) in [6, 6.07) is 8.15. The maximum absolute atomic E-state index is 11.9. The number of rotatable bonds is 9. The van der Waals surface area contributed by atoms with Crippen LogP contribution in [0.2, 0.25) is 0 Å². The molecule has 130 valence electrons. The van der Waals surface area contributed by atoms with Crippen molar-refractivity contribution in [3.63, 3.8) is 0 Å². The highest BCUT2D eigenvalue weighted by Gasteiger charge is 2.11. The molecule has 1 aromatic carbocycles. The number of hydrogen-bond acceptors (Lipinski definition) is 5. The van der Waals surface area contributed by atoms with Crippen LogP contribution in [0.5, 0.6) is 0 Å². The lowest BCUT2D eigenvalue weighted by Crippen LogP contribution is -2.33. The first-order chi connectivity index (χ1) is 11.6. The van der Waals surface area contributed by atoms with Crippen LogP contribution in [0.1, 0.15) is 40.0 Å². The first-order valence-corrected chi connectivity index (χ1v) is 9.55. The highest BCUT2D eigenvalue weighted by Crippen LogP contribution is 2.24. The van der Waals surface area contributed by atoms with Crippen molar-refractivity contribution in [2.75, 3.05) is 17.6 Å². The van der Waals surface area contributed by atoms with Gasteiger partial charge in [0.1, 0.15) is 5.82 Å². The minimum absolute atomic E-state index is 0.0200. The fourth-order valence-electron chi connectivity index (χ4n) is 2.19. The summed E-state index contributed by atoms with van der Waals surface area (Å²) in [6.07, 6.45) is 3.15. The van der Waals surface area contributed by atoms with E-state index in [-0.39, 0.29) is 11.9 Å². The third kappa shape index (κ3) is 5.37. The molecular weight excluding hydrogens is 320 g/mol. The third-order valence-corrected chi connectivity index (χ3v) is 4.60. The summed E-state index contributed by atoms with van der Waals surface area (Å²) < 4.78 is 0. The van der Waals surface area contributed by atoms with E-state index in [4.69, 9.17) is 0 Å². The number of aromatic nitrogens is 2. The number of unbranched alkanes of at least 4 members (excludes halogenated alkanes) is 1. The molecule has 2 N–H and O–H groups in total. The zero-order valence-corrected chi connectivity index (χ0v) is 15.4. The number of hydrogen-bond donors (Lipinski definition) is 2. The molecule has 1 amide bonds. The summed E-state index contributed by atoms with van der Waals surface area (Å²) in [6.45, 7) is 7.11. The Morgan fingerprint density at radius 3 is 2.79 bits per heavy atom. The van der Waals surface area contributed by atoms with E-state index in [1.807, 2.05) is 31.2 Å². The van der Waals surface area contributed by atoms with Gasteiger partial charge in [-0.05, 0) is 31.9 Å². The van der Waals surface area contributed by atoms with Crippen molar-refractivity contribution in [2.24, 2.45) is 0 Å². The Kier molecular flexibility index (Phi) is 7.31. The standard InChI is InChI=1S/C18H26N4OS/c1-4-6-11-19-17-14-9-7-8-10-15(14)21-18(22-17)24-12-16(23)20-13(3)5-2/h7-10,13H,4-6,11-12H2,1-3H3,(H,20,23)(H,19,21,22)/t13-/m0/s1. The van der Waals surface area contributed by atoms with E-state index in [1.54, 1.807) is 0 Å². The van der Waals surface area contributed by atoms with E-state index < -0.39 is 0 Å². The SMILES string of the molecule is CCCCNc1nc(SCC(=O)N[C@@H](C)CC)nc2ccccc12. The fraction of sp³-hybridized carbons (Fsp3) is 0.500. The van der Waals surface area contributed by atoms with Crippen LogP contribution in [-0.2, 0) is 4.79 Å². The lowest BCUT2D eigenvalue weighted by Gasteiger charge is -2.12. The zero-order chi connectivity index (χ0) is 17.4. The van der Waals surface area contributed by atoms with Gasteiger partial charge in [0.05, 0.1) is 11.3 Å². The molecular formula is C18H26N4OS. The maximum Gasteiger partial charge on any atom is 0.230 e. The summed E-state index contributed by atoms with van der Waals surface area (Å²) in [5, 5.41) is 8.00. The van der Waals surface area contributed by atoms with Gasteiger partial charge >= 0.3 is 0 Å². The molecule has 0 aliphatic carbocycles. The van der Waals surface area contributed by atoms with Crippen molar-refractivity contribution in [3.8, 4) is 0 Å². The molecule has 1 heterocycles. The minimum atomic E-state index is 0.0200.